The molecule has 0 aliphatic carbocycles. The zero-order valence-corrected chi connectivity index (χ0v) is 24.1. The molecule has 0 fully saturated rings. The largest absolute Gasteiger partial charge is 0.120 e. The normalized spacial score (nSPS) is 2.85. The van der Waals surface area contributed by atoms with Crippen LogP contribution in [0.25, 0.3) is 0 Å². The maximum atomic E-state index is 4.60. The predicted molar refractivity (Wildman–Crippen MR) is 146 cm³/mol. The van der Waals surface area contributed by atoms with Crippen LogP contribution in [0.3, 0.4) is 0 Å². The Labute approximate surface area is 179 Å². The maximum absolute atomic E-state index is 4.60. The van der Waals surface area contributed by atoms with Crippen molar-refractivity contribution in [1.82, 2.24) is 0 Å². The van der Waals surface area contributed by atoms with Gasteiger partial charge in [0, 0.05) is 0 Å². The van der Waals surface area contributed by atoms with Crippen LogP contribution >= 0.6 is 0 Å². The van der Waals surface area contributed by atoms with E-state index >= 15 is 0 Å². The highest BCUT2D eigenvalue weighted by atomic mass is 13.2. The standard InChI is InChI=1S/C3H4.11C2H6.CH4/c1-3-2;11*1-2;/h1H,2H3;11*1-2H3;1H4. The van der Waals surface area contributed by atoms with Crippen molar-refractivity contribution in [1.29, 1.82) is 0 Å². The first-order valence-electron chi connectivity index (χ1n) is 11.8. The van der Waals surface area contributed by atoms with Gasteiger partial charge in [-0.2, -0.15) is 0 Å². The van der Waals surface area contributed by atoms with E-state index in [0.717, 1.165) is 0 Å². The molecule has 0 aliphatic rings. The number of rotatable bonds is 0. The van der Waals surface area contributed by atoms with Crippen LogP contribution in [0, 0.1) is 12.3 Å². The first-order valence-corrected chi connectivity index (χ1v) is 11.8. The first-order chi connectivity index (χ1) is 12.4. The smallest absolute Gasteiger partial charge is 0.00297 e. The van der Waals surface area contributed by atoms with Gasteiger partial charge in [-0.15, -0.1) is 12.3 Å². The van der Waals surface area contributed by atoms with Crippen LogP contribution in [0.5, 0.6) is 0 Å². The highest BCUT2D eigenvalue weighted by Crippen LogP contribution is 1.21. The molecule has 0 N–H and O–H groups in total. The van der Waals surface area contributed by atoms with Crippen molar-refractivity contribution in [2.75, 3.05) is 0 Å². The molecule has 0 amide bonds. The zero-order valence-electron chi connectivity index (χ0n) is 24.1. The third-order valence-corrected chi connectivity index (χ3v) is 0. The Kier molecular flexibility index (Phi) is 163000. The fourth-order valence-electron chi connectivity index (χ4n) is 0. The third kappa shape index (κ3) is 61900. The van der Waals surface area contributed by atoms with Crippen molar-refractivity contribution < 1.29 is 0 Å². The monoisotopic (exact) mass is 387 g/mol. The molecule has 0 bridgehead atoms. The Morgan fingerprint density at radius 1 is 0.308 bits per heavy atom. The molecule has 26 heavy (non-hydrogen) atoms. The number of hydrogen-bond acceptors (Lipinski definition) is 0. The van der Waals surface area contributed by atoms with Gasteiger partial charge in [0.15, 0.2) is 0 Å². The molecule has 0 aliphatic heterocycles. The van der Waals surface area contributed by atoms with Gasteiger partial charge in [-0.3, -0.25) is 0 Å². The quantitative estimate of drug-likeness (QED) is 0.363. The number of terminal acetylenes is 1. The molecule has 0 heteroatoms. The lowest BCUT2D eigenvalue weighted by atomic mass is 10.9. The molecular formula is C26H74. The molecule has 0 spiro atoms. The lowest BCUT2D eigenvalue weighted by Gasteiger charge is -1.23. The first kappa shape index (κ1) is 97.7. The molecule has 0 aromatic heterocycles. The van der Waals surface area contributed by atoms with Gasteiger partial charge in [0.25, 0.3) is 0 Å². The van der Waals surface area contributed by atoms with E-state index in [2.05, 4.69) is 12.3 Å². The van der Waals surface area contributed by atoms with Crippen LogP contribution in [-0.4, -0.2) is 0 Å². The van der Waals surface area contributed by atoms with E-state index < -0.39 is 0 Å². The zero-order chi connectivity index (χ0) is 24.7. The summed E-state index contributed by atoms with van der Waals surface area (Å²) in [6.07, 6.45) is 4.60. The van der Waals surface area contributed by atoms with Gasteiger partial charge in [-0.25, -0.2) is 0 Å². The molecule has 178 valence electrons. The van der Waals surface area contributed by atoms with E-state index in [1.807, 2.05) is 152 Å². The molecule has 0 aromatic rings. The number of hydrogen-bond donors (Lipinski definition) is 0. The van der Waals surface area contributed by atoms with Crippen molar-refractivity contribution in [3.63, 3.8) is 0 Å². The lowest BCUT2D eigenvalue weighted by Crippen LogP contribution is -1.10. The van der Waals surface area contributed by atoms with E-state index in [0.29, 0.717) is 0 Å². The Hall–Kier alpha value is -0.440. The Bertz CT molecular complexity index is 21.5. The summed E-state index contributed by atoms with van der Waals surface area (Å²) in [6, 6.07) is 0. The fourth-order valence-corrected chi connectivity index (χ4v) is 0. The minimum atomic E-state index is 0. The van der Waals surface area contributed by atoms with E-state index in [9.17, 15) is 0 Å². The van der Waals surface area contributed by atoms with Crippen LogP contribution in [0.4, 0.5) is 0 Å². The van der Waals surface area contributed by atoms with Crippen molar-refractivity contribution in [2.24, 2.45) is 0 Å². The summed E-state index contributed by atoms with van der Waals surface area (Å²) in [5.74, 6) is 2.25. The second-order valence-electron chi connectivity index (χ2n) is 0.289. The highest BCUT2D eigenvalue weighted by molar-refractivity contribution is 4.73. The summed E-state index contributed by atoms with van der Waals surface area (Å²) < 4.78 is 0. The predicted octanol–water partition coefficient (Wildman–Crippen LogP) is 12.6. The van der Waals surface area contributed by atoms with Crippen molar-refractivity contribution in [3.8, 4) is 12.3 Å². The summed E-state index contributed by atoms with van der Waals surface area (Å²) in [4.78, 5) is 0. The molecule has 0 heterocycles. The van der Waals surface area contributed by atoms with Gasteiger partial charge in [-0.1, -0.05) is 160 Å². The Morgan fingerprint density at radius 3 is 0.308 bits per heavy atom. The van der Waals surface area contributed by atoms with Crippen LogP contribution in [0.2, 0.25) is 0 Å². The average molecular weight is 387 g/mol. The second-order valence-corrected chi connectivity index (χ2v) is 0.289. The fraction of sp³-hybridized carbons (Fsp3) is 0.923. The van der Waals surface area contributed by atoms with Crippen LogP contribution in [0.15, 0.2) is 0 Å². The van der Waals surface area contributed by atoms with Crippen LogP contribution in [-0.2, 0) is 0 Å². The Balaban J connectivity index is -0.00000000644. The molecule has 0 unspecified atom stereocenters. The minimum Gasteiger partial charge on any atom is -0.120 e. The van der Waals surface area contributed by atoms with Gasteiger partial charge in [0.05, 0.1) is 0 Å². The van der Waals surface area contributed by atoms with Gasteiger partial charge in [0.1, 0.15) is 0 Å². The summed E-state index contributed by atoms with van der Waals surface area (Å²) in [7, 11) is 0. The molecule has 0 aromatic carbocycles. The van der Waals surface area contributed by atoms with Gasteiger partial charge < -0.3 is 0 Å². The summed E-state index contributed by atoms with van der Waals surface area (Å²) in [5, 5.41) is 0. The second kappa shape index (κ2) is 43500. The van der Waals surface area contributed by atoms with E-state index in [-0.39, 0.29) is 7.43 Å². The Morgan fingerprint density at radius 2 is 0.308 bits per heavy atom. The molecule has 0 atom stereocenters. The average Bonchev–Trinajstić information content (AvgIpc) is 2.83. The van der Waals surface area contributed by atoms with E-state index in [1.165, 1.54) is 0 Å². The summed E-state index contributed by atoms with van der Waals surface area (Å²) in [5.41, 5.74) is 0. The summed E-state index contributed by atoms with van der Waals surface area (Å²) >= 11 is 0. The van der Waals surface area contributed by atoms with Crippen molar-refractivity contribution in [3.05, 3.63) is 0 Å². The van der Waals surface area contributed by atoms with Crippen LogP contribution < -0.4 is 0 Å². The lowest BCUT2D eigenvalue weighted by molar-refractivity contribution is 1.50. The molecular weight excluding hydrogens is 312 g/mol. The van der Waals surface area contributed by atoms with E-state index in [4.69, 9.17) is 0 Å². The SMILES string of the molecule is C.C#CC.CC.CC.CC.CC.CC.CC.CC.CC.CC.CC.CC. The molecule has 0 saturated heterocycles. The van der Waals surface area contributed by atoms with Crippen molar-refractivity contribution in [2.45, 2.75) is 167 Å². The van der Waals surface area contributed by atoms with Crippen LogP contribution in [0.1, 0.15) is 167 Å². The van der Waals surface area contributed by atoms with Gasteiger partial charge in [-0.05, 0) is 6.92 Å². The molecule has 0 nitrogen and oxygen atoms in total. The van der Waals surface area contributed by atoms with Gasteiger partial charge in [0.2, 0.25) is 0 Å². The van der Waals surface area contributed by atoms with Gasteiger partial charge >= 0.3 is 0 Å². The third-order valence-electron chi connectivity index (χ3n) is 0. The van der Waals surface area contributed by atoms with Crippen molar-refractivity contribution >= 4 is 0 Å². The molecule has 0 radical (unpaired) electrons. The highest BCUT2D eigenvalue weighted by Gasteiger charge is 1.09. The summed E-state index contributed by atoms with van der Waals surface area (Å²) in [6.45, 7) is 45.7. The minimum absolute atomic E-state index is 0. The van der Waals surface area contributed by atoms with E-state index in [1.54, 1.807) is 6.92 Å². The molecule has 0 saturated carbocycles. The maximum Gasteiger partial charge on any atom is -0.00297 e. The topological polar surface area (TPSA) is 0 Å². The molecule has 0 rings (SSSR count).